The fourth-order valence-electron chi connectivity index (χ4n) is 3.09. The number of primary amides is 1. The van der Waals surface area contributed by atoms with Gasteiger partial charge in [0.1, 0.15) is 0 Å². The molecule has 0 fully saturated rings. The average Bonchev–Trinajstić information content (AvgIpc) is 3.26. The lowest BCUT2D eigenvalue weighted by Crippen LogP contribution is -2.10. The third-order valence-corrected chi connectivity index (χ3v) is 6.66. The molecule has 2 aromatic heterocycles. The van der Waals surface area contributed by atoms with Gasteiger partial charge in [-0.15, -0.1) is 21.5 Å². The summed E-state index contributed by atoms with van der Waals surface area (Å²) >= 11 is 3.26. The van der Waals surface area contributed by atoms with E-state index in [-0.39, 0.29) is 0 Å². The molecule has 1 aliphatic rings. The van der Waals surface area contributed by atoms with Gasteiger partial charge in [-0.3, -0.25) is 4.79 Å². The van der Waals surface area contributed by atoms with Crippen LogP contribution in [0.4, 0.5) is 0 Å². The van der Waals surface area contributed by atoms with Crippen LogP contribution in [0.1, 0.15) is 39.7 Å². The van der Waals surface area contributed by atoms with Crippen molar-refractivity contribution in [3.63, 3.8) is 0 Å². The Bertz CT molecular complexity index is 931. The van der Waals surface area contributed by atoms with Crippen LogP contribution in [0.3, 0.4) is 0 Å². The van der Waals surface area contributed by atoms with Crippen molar-refractivity contribution in [2.24, 2.45) is 11.7 Å². The van der Waals surface area contributed by atoms with Gasteiger partial charge in [0.15, 0.2) is 0 Å². The number of aryl methyl sites for hydroxylation is 1. The Morgan fingerprint density at radius 3 is 2.92 bits per heavy atom. The molecule has 7 heteroatoms. The first-order valence-corrected chi connectivity index (χ1v) is 10.4. The molecule has 1 aromatic carbocycles. The fraction of sp³-hybridized carbons (Fsp3) is 0.316. The molecule has 0 bridgehead atoms. The largest absolute Gasteiger partial charge is 0.410 e. The normalized spacial score (nSPS) is 16.4. The number of hydrogen-bond donors (Lipinski definition) is 1. The summed E-state index contributed by atoms with van der Waals surface area (Å²) in [4.78, 5) is 13.6. The van der Waals surface area contributed by atoms with Crippen molar-refractivity contribution in [3.05, 3.63) is 51.9 Å². The molecule has 0 saturated carbocycles. The van der Waals surface area contributed by atoms with Crippen LogP contribution < -0.4 is 5.73 Å². The molecule has 1 amide bonds. The molecule has 0 aliphatic heterocycles. The van der Waals surface area contributed by atoms with Gasteiger partial charge in [-0.2, -0.15) is 0 Å². The highest BCUT2D eigenvalue weighted by Gasteiger charge is 2.21. The van der Waals surface area contributed by atoms with E-state index in [0.717, 1.165) is 29.2 Å². The predicted octanol–water partition coefficient (Wildman–Crippen LogP) is 4.31. The van der Waals surface area contributed by atoms with Crippen LogP contribution in [0, 0.1) is 5.92 Å². The smallest absolute Gasteiger partial charge is 0.277 e. The minimum atomic E-state index is -0.418. The molecule has 1 atom stereocenters. The molecule has 5 nitrogen and oxygen atoms in total. The van der Waals surface area contributed by atoms with E-state index >= 15 is 0 Å². The maximum atomic E-state index is 11.1. The van der Waals surface area contributed by atoms with Gasteiger partial charge in [0, 0.05) is 16.2 Å². The van der Waals surface area contributed by atoms with Crippen molar-refractivity contribution < 1.29 is 9.21 Å². The Balaban J connectivity index is 1.42. The topological polar surface area (TPSA) is 82.0 Å². The standard InChI is InChI=1S/C19H19N3O2S2/c1-11-2-7-15-14(8-11)9-16(26-15)18-21-22-19(24-18)25-10-12-3-5-13(6-4-12)17(20)23/h3-6,9,11H,2,7-8,10H2,1H3,(H2,20,23)/t11-/m0/s1. The number of hydrogen-bond acceptors (Lipinski definition) is 6. The number of fused-ring (bicyclic) bond motifs is 1. The van der Waals surface area contributed by atoms with Gasteiger partial charge in [0.25, 0.3) is 11.1 Å². The van der Waals surface area contributed by atoms with Crippen LogP contribution >= 0.6 is 23.1 Å². The van der Waals surface area contributed by atoms with Crippen molar-refractivity contribution >= 4 is 29.0 Å². The number of carbonyl (C=O) groups is 1. The van der Waals surface area contributed by atoms with Gasteiger partial charge in [-0.1, -0.05) is 30.8 Å². The summed E-state index contributed by atoms with van der Waals surface area (Å²) in [6, 6.07) is 9.45. The highest BCUT2D eigenvalue weighted by molar-refractivity contribution is 7.98. The quantitative estimate of drug-likeness (QED) is 0.662. The average molecular weight is 386 g/mol. The maximum Gasteiger partial charge on any atom is 0.277 e. The molecule has 0 spiro atoms. The number of benzene rings is 1. The molecule has 2 N–H and O–H groups in total. The number of nitrogens with two attached hydrogens (primary N) is 1. The maximum absolute atomic E-state index is 11.1. The number of thioether (sulfide) groups is 1. The van der Waals surface area contributed by atoms with Crippen LogP contribution in [0.25, 0.3) is 10.8 Å². The third-order valence-electron chi connectivity index (χ3n) is 4.55. The Morgan fingerprint density at radius 1 is 1.35 bits per heavy atom. The number of thiophene rings is 1. The van der Waals surface area contributed by atoms with E-state index in [1.807, 2.05) is 12.1 Å². The molecule has 0 radical (unpaired) electrons. The van der Waals surface area contributed by atoms with Crippen LogP contribution in [0.2, 0.25) is 0 Å². The van der Waals surface area contributed by atoms with Crippen molar-refractivity contribution in [2.75, 3.05) is 0 Å². The summed E-state index contributed by atoms with van der Waals surface area (Å²) in [5, 5.41) is 8.92. The fourth-order valence-corrected chi connectivity index (χ4v) is 4.94. The molecule has 0 saturated heterocycles. The molecule has 3 aromatic rings. The minimum absolute atomic E-state index is 0.418. The molecule has 1 aliphatic carbocycles. The van der Waals surface area contributed by atoms with E-state index in [0.29, 0.717) is 22.4 Å². The molecule has 26 heavy (non-hydrogen) atoms. The van der Waals surface area contributed by atoms with E-state index in [1.54, 1.807) is 23.5 Å². The molecular weight excluding hydrogens is 366 g/mol. The second-order valence-corrected chi connectivity index (χ2v) is 8.69. The lowest BCUT2D eigenvalue weighted by atomic mass is 9.90. The van der Waals surface area contributed by atoms with Gasteiger partial charge in [-0.05, 0) is 54.5 Å². The summed E-state index contributed by atoms with van der Waals surface area (Å²) in [7, 11) is 0. The first-order valence-electron chi connectivity index (χ1n) is 8.55. The molecular formula is C19H19N3O2S2. The van der Waals surface area contributed by atoms with Gasteiger partial charge in [0.05, 0.1) is 4.88 Å². The Hall–Kier alpha value is -2.12. The summed E-state index contributed by atoms with van der Waals surface area (Å²) in [6.45, 7) is 2.30. The number of aromatic nitrogens is 2. The van der Waals surface area contributed by atoms with Crippen LogP contribution in [0.15, 0.2) is 40.0 Å². The Kier molecular flexibility index (Phi) is 4.82. The zero-order chi connectivity index (χ0) is 18.1. The van der Waals surface area contributed by atoms with Gasteiger partial charge in [0.2, 0.25) is 5.91 Å². The van der Waals surface area contributed by atoms with Gasteiger partial charge < -0.3 is 10.2 Å². The Labute approximate surface area is 160 Å². The van der Waals surface area contributed by atoms with Gasteiger partial charge >= 0.3 is 0 Å². The highest BCUT2D eigenvalue weighted by Crippen LogP contribution is 2.37. The summed E-state index contributed by atoms with van der Waals surface area (Å²) in [6.07, 6.45) is 3.55. The third kappa shape index (κ3) is 3.68. The lowest BCUT2D eigenvalue weighted by Gasteiger charge is -2.16. The van der Waals surface area contributed by atoms with E-state index in [1.165, 1.54) is 28.6 Å². The molecule has 134 valence electrons. The van der Waals surface area contributed by atoms with E-state index in [4.69, 9.17) is 10.2 Å². The number of nitrogens with zero attached hydrogens (tertiary/aromatic N) is 2. The molecule has 2 heterocycles. The zero-order valence-electron chi connectivity index (χ0n) is 14.4. The van der Waals surface area contributed by atoms with Crippen LogP contribution in [-0.4, -0.2) is 16.1 Å². The van der Waals surface area contributed by atoms with Gasteiger partial charge in [-0.25, -0.2) is 0 Å². The predicted molar refractivity (Wildman–Crippen MR) is 103 cm³/mol. The second-order valence-electron chi connectivity index (χ2n) is 6.63. The van der Waals surface area contributed by atoms with Crippen LogP contribution in [0.5, 0.6) is 0 Å². The summed E-state index contributed by atoms with van der Waals surface area (Å²) in [5.74, 6) is 1.63. The van der Waals surface area contributed by atoms with Crippen molar-refractivity contribution in [1.29, 1.82) is 0 Å². The highest BCUT2D eigenvalue weighted by atomic mass is 32.2. The number of amides is 1. The van der Waals surface area contributed by atoms with Crippen molar-refractivity contribution in [3.8, 4) is 10.8 Å². The van der Waals surface area contributed by atoms with Crippen molar-refractivity contribution in [1.82, 2.24) is 10.2 Å². The first-order chi connectivity index (χ1) is 12.6. The summed E-state index contributed by atoms with van der Waals surface area (Å²) < 4.78 is 5.84. The lowest BCUT2D eigenvalue weighted by molar-refractivity contribution is 0.100. The van der Waals surface area contributed by atoms with Crippen LogP contribution in [-0.2, 0) is 18.6 Å². The number of carbonyl (C=O) groups excluding carboxylic acids is 1. The molecule has 4 rings (SSSR count). The zero-order valence-corrected chi connectivity index (χ0v) is 16.0. The monoisotopic (exact) mass is 385 g/mol. The minimum Gasteiger partial charge on any atom is -0.410 e. The first kappa shape index (κ1) is 17.3. The molecule has 0 unspecified atom stereocenters. The Morgan fingerprint density at radius 2 is 2.15 bits per heavy atom. The summed E-state index contributed by atoms with van der Waals surface area (Å²) in [5.41, 5.74) is 8.27. The SMILES string of the molecule is C[C@H]1CCc2sc(-c3nnc(SCc4ccc(C(N)=O)cc4)o3)cc2C1. The van der Waals surface area contributed by atoms with E-state index in [2.05, 4.69) is 23.2 Å². The van der Waals surface area contributed by atoms with Crippen molar-refractivity contribution in [2.45, 2.75) is 37.2 Å². The van der Waals surface area contributed by atoms with E-state index in [9.17, 15) is 4.79 Å². The number of rotatable bonds is 5. The second kappa shape index (κ2) is 7.25. The van der Waals surface area contributed by atoms with E-state index < -0.39 is 5.91 Å².